The molecule has 1 aliphatic rings. The molecule has 144 valence electrons. The predicted molar refractivity (Wildman–Crippen MR) is 100 cm³/mol. The topological polar surface area (TPSA) is 93.9 Å². The molecule has 1 aromatic carbocycles. The van der Waals surface area contributed by atoms with E-state index in [1.54, 1.807) is 17.0 Å². The van der Waals surface area contributed by atoms with Crippen molar-refractivity contribution in [2.45, 2.75) is 52.2 Å². The number of nitrogens with zero attached hydrogens (tertiary/aromatic N) is 1. The third-order valence-corrected chi connectivity index (χ3v) is 4.31. The van der Waals surface area contributed by atoms with Gasteiger partial charge in [-0.3, -0.25) is 4.79 Å². The number of hydrogen-bond acceptors (Lipinski definition) is 5. The van der Waals surface area contributed by atoms with Crippen molar-refractivity contribution in [3.63, 3.8) is 0 Å². The Morgan fingerprint density at radius 3 is 2.38 bits per heavy atom. The Kier molecular flexibility index (Phi) is 6.00. The number of benzene rings is 1. The minimum Gasteiger partial charge on any atom is -0.495 e. The zero-order chi connectivity index (χ0) is 19.5. The third-order valence-electron chi connectivity index (χ3n) is 4.31. The van der Waals surface area contributed by atoms with Crippen LogP contribution in [0.5, 0.6) is 5.75 Å². The van der Waals surface area contributed by atoms with Gasteiger partial charge < -0.3 is 25.4 Å². The molecule has 7 nitrogen and oxygen atoms in total. The molecule has 0 saturated carbocycles. The fourth-order valence-corrected chi connectivity index (χ4v) is 2.99. The molecule has 3 N–H and O–H groups in total. The monoisotopic (exact) mass is 363 g/mol. The lowest BCUT2D eigenvalue weighted by molar-refractivity contribution is 0.0473. The SMILES string of the molecule is COc1cc(C(=O)N2CCC(NC(=O)OC(C)(C)C)CC2)c(C)cc1N. The number of piperidine rings is 1. The molecule has 7 heteroatoms. The molecule has 0 aliphatic carbocycles. The summed E-state index contributed by atoms with van der Waals surface area (Å²) in [6.45, 7) is 8.50. The van der Waals surface area contributed by atoms with E-state index in [-0.39, 0.29) is 11.9 Å². The summed E-state index contributed by atoms with van der Waals surface area (Å²) in [5.41, 5.74) is 7.29. The zero-order valence-electron chi connectivity index (χ0n) is 16.2. The molecule has 0 atom stereocenters. The first-order chi connectivity index (χ1) is 12.1. The highest BCUT2D eigenvalue weighted by Gasteiger charge is 2.27. The van der Waals surface area contributed by atoms with E-state index >= 15 is 0 Å². The number of carbonyl (C=O) groups excluding carboxylic acids is 2. The van der Waals surface area contributed by atoms with E-state index in [1.807, 2.05) is 27.7 Å². The van der Waals surface area contributed by atoms with Crippen LogP contribution in [0.15, 0.2) is 12.1 Å². The number of anilines is 1. The van der Waals surface area contributed by atoms with E-state index in [2.05, 4.69) is 5.32 Å². The van der Waals surface area contributed by atoms with Gasteiger partial charge in [0.15, 0.2) is 0 Å². The average Bonchev–Trinajstić information content (AvgIpc) is 2.53. The van der Waals surface area contributed by atoms with Gasteiger partial charge in [-0.25, -0.2) is 4.79 Å². The van der Waals surface area contributed by atoms with Crippen LogP contribution >= 0.6 is 0 Å². The lowest BCUT2D eigenvalue weighted by Gasteiger charge is -2.33. The summed E-state index contributed by atoms with van der Waals surface area (Å²) < 4.78 is 10.5. The van der Waals surface area contributed by atoms with Gasteiger partial charge in [0.2, 0.25) is 0 Å². The molecule has 1 fully saturated rings. The number of amides is 2. The Labute approximate surface area is 154 Å². The van der Waals surface area contributed by atoms with E-state index in [9.17, 15) is 9.59 Å². The van der Waals surface area contributed by atoms with Crippen molar-refractivity contribution in [2.24, 2.45) is 0 Å². The van der Waals surface area contributed by atoms with E-state index in [0.29, 0.717) is 42.9 Å². The van der Waals surface area contributed by atoms with Crippen LogP contribution in [-0.4, -0.2) is 48.7 Å². The van der Waals surface area contributed by atoms with Crippen LogP contribution in [0, 0.1) is 6.92 Å². The fraction of sp³-hybridized carbons (Fsp3) is 0.579. The van der Waals surface area contributed by atoms with Crippen LogP contribution in [0.25, 0.3) is 0 Å². The molecule has 0 spiro atoms. The van der Waals surface area contributed by atoms with Crippen LogP contribution < -0.4 is 15.8 Å². The van der Waals surface area contributed by atoms with Crippen molar-refractivity contribution >= 4 is 17.7 Å². The van der Waals surface area contributed by atoms with Gasteiger partial charge in [-0.05, 0) is 58.2 Å². The minimum absolute atomic E-state index is 0.0101. The molecule has 1 aromatic rings. The number of nitrogens with one attached hydrogen (secondary N) is 1. The Morgan fingerprint density at radius 1 is 1.23 bits per heavy atom. The van der Waals surface area contributed by atoms with Gasteiger partial charge >= 0.3 is 6.09 Å². The lowest BCUT2D eigenvalue weighted by Crippen LogP contribution is -2.47. The largest absolute Gasteiger partial charge is 0.495 e. The first-order valence-electron chi connectivity index (χ1n) is 8.83. The number of methoxy groups -OCH3 is 1. The second-order valence-electron chi connectivity index (χ2n) is 7.62. The Morgan fingerprint density at radius 2 is 1.85 bits per heavy atom. The highest BCUT2D eigenvalue weighted by molar-refractivity contribution is 5.97. The number of hydrogen-bond donors (Lipinski definition) is 2. The summed E-state index contributed by atoms with van der Waals surface area (Å²) in [4.78, 5) is 26.5. The molecule has 0 aromatic heterocycles. The van der Waals surface area contributed by atoms with Crippen LogP contribution in [0.1, 0.15) is 49.5 Å². The van der Waals surface area contributed by atoms with E-state index in [0.717, 1.165) is 5.56 Å². The fourth-order valence-electron chi connectivity index (χ4n) is 2.99. The van der Waals surface area contributed by atoms with E-state index < -0.39 is 11.7 Å². The molecular formula is C19H29N3O4. The molecule has 1 aliphatic heterocycles. The molecule has 0 radical (unpaired) electrons. The molecule has 1 heterocycles. The normalized spacial score (nSPS) is 15.5. The smallest absolute Gasteiger partial charge is 0.407 e. The minimum atomic E-state index is -0.521. The maximum absolute atomic E-state index is 12.8. The van der Waals surface area contributed by atoms with Crippen molar-refractivity contribution in [3.05, 3.63) is 23.3 Å². The highest BCUT2D eigenvalue weighted by atomic mass is 16.6. The Hall–Kier alpha value is -2.44. The molecule has 0 unspecified atom stereocenters. The van der Waals surface area contributed by atoms with Crippen molar-refractivity contribution in [1.82, 2.24) is 10.2 Å². The van der Waals surface area contributed by atoms with Gasteiger partial charge in [0.1, 0.15) is 11.4 Å². The summed E-state index contributed by atoms with van der Waals surface area (Å²) in [6.07, 6.45) is 0.966. The van der Waals surface area contributed by atoms with E-state index in [4.69, 9.17) is 15.2 Å². The van der Waals surface area contributed by atoms with Gasteiger partial charge in [0.05, 0.1) is 12.8 Å². The van der Waals surface area contributed by atoms with E-state index in [1.165, 1.54) is 7.11 Å². The molecule has 2 rings (SSSR count). The summed E-state index contributed by atoms with van der Waals surface area (Å²) >= 11 is 0. The average molecular weight is 363 g/mol. The number of nitrogens with two attached hydrogens (primary N) is 1. The van der Waals surface area contributed by atoms with Crippen LogP contribution in [0.3, 0.4) is 0 Å². The van der Waals surface area contributed by atoms with Gasteiger partial charge in [-0.1, -0.05) is 0 Å². The summed E-state index contributed by atoms with van der Waals surface area (Å²) in [7, 11) is 1.53. The Bertz CT molecular complexity index is 674. The number of carbonyl (C=O) groups is 2. The van der Waals surface area contributed by atoms with Crippen molar-refractivity contribution in [2.75, 3.05) is 25.9 Å². The zero-order valence-corrected chi connectivity index (χ0v) is 16.2. The summed E-state index contributed by atoms with van der Waals surface area (Å²) in [6, 6.07) is 3.46. The second-order valence-corrected chi connectivity index (χ2v) is 7.62. The number of likely N-dealkylation sites (tertiary alicyclic amines) is 1. The summed E-state index contributed by atoms with van der Waals surface area (Å²) in [5, 5.41) is 2.88. The standard InChI is InChI=1S/C19H29N3O4/c1-12-10-15(20)16(25-5)11-14(12)17(23)22-8-6-13(7-9-22)21-18(24)26-19(2,3)4/h10-11,13H,6-9,20H2,1-5H3,(H,21,24). The molecule has 2 amide bonds. The number of alkyl carbamates (subject to hydrolysis) is 1. The molecule has 0 bridgehead atoms. The quantitative estimate of drug-likeness (QED) is 0.805. The first-order valence-corrected chi connectivity index (χ1v) is 8.83. The number of rotatable bonds is 3. The van der Waals surface area contributed by atoms with Crippen LogP contribution in [0.2, 0.25) is 0 Å². The van der Waals surface area contributed by atoms with Crippen LogP contribution in [0.4, 0.5) is 10.5 Å². The second kappa shape index (κ2) is 7.85. The number of aryl methyl sites for hydroxylation is 1. The number of ether oxygens (including phenoxy) is 2. The van der Waals surface area contributed by atoms with Crippen molar-refractivity contribution in [1.29, 1.82) is 0 Å². The van der Waals surface area contributed by atoms with Crippen molar-refractivity contribution in [3.8, 4) is 5.75 Å². The maximum atomic E-state index is 12.8. The number of nitrogen functional groups attached to an aromatic ring is 1. The predicted octanol–water partition coefficient (Wildman–Crippen LogP) is 2.72. The van der Waals surface area contributed by atoms with Gasteiger partial charge in [-0.15, -0.1) is 0 Å². The highest BCUT2D eigenvalue weighted by Crippen LogP contribution is 2.27. The summed E-state index contributed by atoms with van der Waals surface area (Å²) in [5.74, 6) is 0.456. The van der Waals surface area contributed by atoms with Crippen molar-refractivity contribution < 1.29 is 19.1 Å². The molecular weight excluding hydrogens is 334 g/mol. The molecule has 26 heavy (non-hydrogen) atoms. The van der Waals surface area contributed by atoms with Gasteiger partial charge in [0, 0.05) is 24.7 Å². The van der Waals surface area contributed by atoms with Gasteiger partial charge in [0.25, 0.3) is 5.91 Å². The van der Waals surface area contributed by atoms with Gasteiger partial charge in [-0.2, -0.15) is 0 Å². The van der Waals surface area contributed by atoms with Crippen LogP contribution in [-0.2, 0) is 4.74 Å². The lowest BCUT2D eigenvalue weighted by atomic mass is 10.0. The maximum Gasteiger partial charge on any atom is 0.407 e. The Balaban J connectivity index is 1.96. The first kappa shape index (κ1) is 19.9. The third kappa shape index (κ3) is 5.03. The molecule has 1 saturated heterocycles.